The van der Waals surface area contributed by atoms with Crippen LogP contribution in [0.25, 0.3) is 0 Å². The van der Waals surface area contributed by atoms with Gasteiger partial charge in [0, 0.05) is 0 Å². The summed E-state index contributed by atoms with van der Waals surface area (Å²) in [5.41, 5.74) is -1.50. The van der Waals surface area contributed by atoms with E-state index in [4.69, 9.17) is 23.2 Å². The van der Waals surface area contributed by atoms with Crippen LogP contribution in [0.2, 0.25) is 5.15 Å². The number of hydrogen-bond acceptors (Lipinski definition) is 2. The molecule has 0 saturated carbocycles. The first-order valence-corrected chi connectivity index (χ1v) is 4.03. The van der Waals surface area contributed by atoms with Gasteiger partial charge in [0.25, 0.3) is 11.7 Å². The third-order valence-corrected chi connectivity index (χ3v) is 1.83. The van der Waals surface area contributed by atoms with Gasteiger partial charge in [-0.3, -0.25) is 4.79 Å². The molecule has 2 nitrogen and oxygen atoms in total. The molecule has 1 heterocycles. The van der Waals surface area contributed by atoms with Crippen LogP contribution in [0.5, 0.6) is 0 Å². The van der Waals surface area contributed by atoms with Crippen LogP contribution >= 0.6 is 23.2 Å². The van der Waals surface area contributed by atoms with E-state index < -0.39 is 33.9 Å². The molecule has 1 aromatic heterocycles. The van der Waals surface area contributed by atoms with E-state index in [1.807, 2.05) is 0 Å². The number of nitrogens with zero attached hydrogens (tertiary/aromatic N) is 1. The second-order valence-corrected chi connectivity index (χ2v) is 2.98. The Morgan fingerprint density at radius 3 is 2.50 bits per heavy atom. The highest BCUT2D eigenvalue weighted by atomic mass is 35.5. The fourth-order valence-corrected chi connectivity index (χ4v) is 1.07. The van der Waals surface area contributed by atoms with Crippen LogP contribution < -0.4 is 0 Å². The van der Waals surface area contributed by atoms with Crippen molar-refractivity contribution >= 4 is 28.4 Å². The Balaban J connectivity index is 3.35. The third-order valence-electron chi connectivity index (χ3n) is 1.38. The SMILES string of the molecule is O=C(Cl)c1cc(C(F)F)c(F)c(Cl)n1. The molecule has 1 aromatic rings. The van der Waals surface area contributed by atoms with Gasteiger partial charge in [-0.1, -0.05) is 11.6 Å². The van der Waals surface area contributed by atoms with Crippen molar-refractivity contribution in [2.24, 2.45) is 0 Å². The first-order valence-electron chi connectivity index (χ1n) is 3.27. The third kappa shape index (κ3) is 2.16. The van der Waals surface area contributed by atoms with Crippen molar-refractivity contribution in [2.45, 2.75) is 6.43 Å². The Morgan fingerprint density at radius 2 is 2.07 bits per heavy atom. The smallest absolute Gasteiger partial charge is 0.270 e. The summed E-state index contributed by atoms with van der Waals surface area (Å²) in [5, 5.41) is -1.87. The van der Waals surface area contributed by atoms with Crippen molar-refractivity contribution < 1.29 is 18.0 Å². The van der Waals surface area contributed by atoms with Gasteiger partial charge < -0.3 is 0 Å². The molecule has 0 atom stereocenters. The number of carbonyl (C=O) groups is 1. The molecule has 14 heavy (non-hydrogen) atoms. The average molecular weight is 244 g/mol. The van der Waals surface area contributed by atoms with Gasteiger partial charge >= 0.3 is 0 Å². The largest absolute Gasteiger partial charge is 0.274 e. The van der Waals surface area contributed by atoms with Gasteiger partial charge in [0.1, 0.15) is 5.69 Å². The number of carbonyl (C=O) groups excluding carboxylic acids is 1. The summed E-state index contributed by atoms with van der Waals surface area (Å²) < 4.78 is 37.2. The average Bonchev–Trinajstić information content (AvgIpc) is 2.08. The summed E-state index contributed by atoms with van der Waals surface area (Å²) in [7, 11) is 0. The molecule has 0 saturated heterocycles. The molecule has 0 radical (unpaired) electrons. The predicted octanol–water partition coefficient (Wildman–Crippen LogP) is 3.19. The Kier molecular flexibility index (Phi) is 3.34. The zero-order chi connectivity index (χ0) is 10.9. The van der Waals surface area contributed by atoms with E-state index in [0.717, 1.165) is 0 Å². The second kappa shape index (κ2) is 4.14. The van der Waals surface area contributed by atoms with Crippen LogP contribution in [-0.2, 0) is 0 Å². The number of alkyl halides is 2. The molecule has 0 spiro atoms. The van der Waals surface area contributed by atoms with Crippen molar-refractivity contribution in [3.05, 3.63) is 28.3 Å². The summed E-state index contributed by atoms with van der Waals surface area (Å²) >= 11 is 10.2. The van der Waals surface area contributed by atoms with Gasteiger partial charge in [-0.25, -0.2) is 18.2 Å². The highest BCUT2D eigenvalue weighted by Crippen LogP contribution is 2.26. The number of halogens is 5. The van der Waals surface area contributed by atoms with E-state index in [1.165, 1.54) is 0 Å². The van der Waals surface area contributed by atoms with E-state index in [2.05, 4.69) is 4.98 Å². The molecule has 0 bridgehead atoms. The molecule has 0 aromatic carbocycles. The minimum Gasteiger partial charge on any atom is -0.274 e. The van der Waals surface area contributed by atoms with Gasteiger partial charge in [-0.15, -0.1) is 0 Å². The van der Waals surface area contributed by atoms with Crippen molar-refractivity contribution in [3.8, 4) is 0 Å². The van der Waals surface area contributed by atoms with Crippen molar-refractivity contribution in [3.63, 3.8) is 0 Å². The maximum absolute atomic E-state index is 12.9. The van der Waals surface area contributed by atoms with Crippen LogP contribution in [-0.4, -0.2) is 10.2 Å². The predicted molar refractivity (Wildman–Crippen MR) is 44.3 cm³/mol. The number of rotatable bonds is 2. The topological polar surface area (TPSA) is 30.0 Å². The lowest BCUT2D eigenvalue weighted by atomic mass is 10.2. The van der Waals surface area contributed by atoms with Crippen LogP contribution in [0, 0.1) is 5.82 Å². The van der Waals surface area contributed by atoms with Gasteiger partial charge in [0.2, 0.25) is 0 Å². The Bertz CT molecular complexity index is 383. The van der Waals surface area contributed by atoms with Crippen molar-refractivity contribution in [1.82, 2.24) is 4.98 Å². The second-order valence-electron chi connectivity index (χ2n) is 2.28. The van der Waals surface area contributed by atoms with Crippen molar-refractivity contribution in [2.75, 3.05) is 0 Å². The molecular weight excluding hydrogens is 242 g/mol. The number of pyridine rings is 1. The van der Waals surface area contributed by atoms with Gasteiger partial charge in [0.05, 0.1) is 5.56 Å². The number of aromatic nitrogens is 1. The summed E-state index contributed by atoms with van der Waals surface area (Å²) in [4.78, 5) is 13.8. The van der Waals surface area contributed by atoms with E-state index in [0.29, 0.717) is 6.07 Å². The molecule has 0 unspecified atom stereocenters. The first kappa shape index (κ1) is 11.3. The first-order chi connectivity index (χ1) is 6.43. The summed E-state index contributed by atoms with van der Waals surface area (Å²) in [5.74, 6) is -1.34. The van der Waals surface area contributed by atoms with Gasteiger partial charge in [-0.2, -0.15) is 0 Å². The molecule has 0 aliphatic carbocycles. The molecule has 76 valence electrons. The van der Waals surface area contributed by atoms with Crippen LogP contribution in [0.15, 0.2) is 6.07 Å². The zero-order valence-corrected chi connectivity index (χ0v) is 7.91. The fourth-order valence-electron chi connectivity index (χ4n) is 0.776. The van der Waals surface area contributed by atoms with Gasteiger partial charge in [0.15, 0.2) is 11.0 Å². The molecule has 1 rings (SSSR count). The van der Waals surface area contributed by atoms with E-state index >= 15 is 0 Å². The quantitative estimate of drug-likeness (QED) is 0.590. The Morgan fingerprint density at radius 1 is 1.50 bits per heavy atom. The summed E-state index contributed by atoms with van der Waals surface area (Å²) in [6, 6.07) is 0.571. The molecule has 0 N–H and O–H groups in total. The molecule has 0 aliphatic rings. The minimum absolute atomic E-state index is 0.506. The lowest BCUT2D eigenvalue weighted by Gasteiger charge is -2.04. The van der Waals surface area contributed by atoms with Gasteiger partial charge in [-0.05, 0) is 17.7 Å². The summed E-state index contributed by atoms with van der Waals surface area (Å²) in [6.07, 6.45) is -3.08. The van der Waals surface area contributed by atoms with E-state index in [-0.39, 0.29) is 0 Å². The normalized spacial score (nSPS) is 10.7. The van der Waals surface area contributed by atoms with Crippen LogP contribution in [0.3, 0.4) is 0 Å². The van der Waals surface area contributed by atoms with Crippen LogP contribution in [0.4, 0.5) is 13.2 Å². The molecule has 0 amide bonds. The zero-order valence-electron chi connectivity index (χ0n) is 6.40. The maximum Gasteiger partial charge on any atom is 0.270 e. The highest BCUT2D eigenvalue weighted by molar-refractivity contribution is 6.67. The summed E-state index contributed by atoms with van der Waals surface area (Å²) in [6.45, 7) is 0. The number of hydrogen-bond donors (Lipinski definition) is 0. The molecule has 0 fully saturated rings. The lowest BCUT2D eigenvalue weighted by molar-refractivity contribution is 0.107. The molecule has 0 aliphatic heterocycles. The lowest BCUT2D eigenvalue weighted by Crippen LogP contribution is -2.01. The monoisotopic (exact) mass is 243 g/mol. The van der Waals surface area contributed by atoms with E-state index in [1.54, 1.807) is 0 Å². The highest BCUT2D eigenvalue weighted by Gasteiger charge is 2.20. The maximum atomic E-state index is 12.9. The molecular formula is C7H2Cl2F3NO. The standard InChI is InChI=1S/C7H2Cl2F3NO/c8-5-4(10)2(7(11)12)1-3(13-5)6(9)14/h1,7H. The Labute approximate surface area is 86.6 Å². The fraction of sp³-hybridized carbons (Fsp3) is 0.143. The Hall–Kier alpha value is -0.810. The van der Waals surface area contributed by atoms with E-state index in [9.17, 15) is 18.0 Å². The van der Waals surface area contributed by atoms with Crippen LogP contribution in [0.1, 0.15) is 22.5 Å². The minimum atomic E-state index is -3.08. The van der Waals surface area contributed by atoms with Crippen molar-refractivity contribution in [1.29, 1.82) is 0 Å². The molecule has 7 heteroatoms.